The van der Waals surface area contributed by atoms with Crippen LogP contribution in [0.15, 0.2) is 36.4 Å². The number of anilines is 1. The number of hydrogen-bond donors (Lipinski definition) is 2. The summed E-state index contributed by atoms with van der Waals surface area (Å²) in [6.07, 6.45) is 2.10. The molecule has 6 heteroatoms. The number of fused-ring (bicyclic) bond motifs is 1. The standard InChI is InChI=1S/C23H25N3O3/c1-13-4-5-14(2)19(10-13)26-21(28)17-9-6-15(11-18(17)22(26)29)20(27)25-23(3,12-24)16-7-8-16/h4-6,9-11,16H,7-8,12,24H2,1-3H3,(H,25,27). The zero-order valence-corrected chi connectivity index (χ0v) is 16.9. The number of rotatable bonds is 5. The molecule has 0 bridgehead atoms. The van der Waals surface area contributed by atoms with Gasteiger partial charge in [0.15, 0.2) is 0 Å². The first kappa shape index (κ1) is 19.3. The van der Waals surface area contributed by atoms with Crippen LogP contribution in [0, 0.1) is 19.8 Å². The molecule has 0 radical (unpaired) electrons. The fraction of sp³-hybridized carbons (Fsp3) is 0.348. The Morgan fingerprint density at radius 1 is 1.10 bits per heavy atom. The number of aryl methyl sites for hydroxylation is 2. The summed E-state index contributed by atoms with van der Waals surface area (Å²) in [6.45, 7) is 6.08. The molecule has 6 nitrogen and oxygen atoms in total. The number of amides is 3. The van der Waals surface area contributed by atoms with Gasteiger partial charge in [0, 0.05) is 12.1 Å². The van der Waals surface area contributed by atoms with E-state index in [0.717, 1.165) is 24.0 Å². The van der Waals surface area contributed by atoms with E-state index in [9.17, 15) is 14.4 Å². The molecule has 2 aliphatic rings. The van der Waals surface area contributed by atoms with Crippen LogP contribution in [0.5, 0.6) is 0 Å². The van der Waals surface area contributed by atoms with Crippen LogP contribution in [-0.2, 0) is 0 Å². The first-order valence-corrected chi connectivity index (χ1v) is 9.88. The van der Waals surface area contributed by atoms with Crippen molar-refractivity contribution in [3.63, 3.8) is 0 Å². The molecule has 1 heterocycles. The van der Waals surface area contributed by atoms with Crippen molar-refractivity contribution in [3.05, 3.63) is 64.2 Å². The maximum atomic E-state index is 13.1. The van der Waals surface area contributed by atoms with Crippen molar-refractivity contribution < 1.29 is 14.4 Å². The maximum absolute atomic E-state index is 13.1. The summed E-state index contributed by atoms with van der Waals surface area (Å²) in [7, 11) is 0. The number of nitrogens with one attached hydrogen (secondary N) is 1. The van der Waals surface area contributed by atoms with Crippen LogP contribution in [-0.4, -0.2) is 29.8 Å². The molecule has 3 amide bonds. The van der Waals surface area contributed by atoms with Gasteiger partial charge in [0.2, 0.25) is 0 Å². The zero-order valence-electron chi connectivity index (χ0n) is 16.9. The summed E-state index contributed by atoms with van der Waals surface area (Å²) in [5.74, 6) is -0.667. The van der Waals surface area contributed by atoms with Crippen molar-refractivity contribution in [3.8, 4) is 0 Å². The van der Waals surface area contributed by atoms with Gasteiger partial charge in [0.05, 0.1) is 22.4 Å². The molecule has 150 valence electrons. The summed E-state index contributed by atoms with van der Waals surface area (Å²) >= 11 is 0. The molecule has 1 unspecified atom stereocenters. The van der Waals surface area contributed by atoms with Gasteiger partial charge >= 0.3 is 0 Å². The van der Waals surface area contributed by atoms with E-state index in [1.165, 1.54) is 11.0 Å². The van der Waals surface area contributed by atoms with Crippen LogP contribution < -0.4 is 16.0 Å². The second-order valence-electron chi connectivity index (χ2n) is 8.35. The molecule has 1 saturated carbocycles. The average molecular weight is 391 g/mol. The number of imide groups is 1. The molecule has 0 spiro atoms. The van der Waals surface area contributed by atoms with Crippen LogP contribution in [0.4, 0.5) is 5.69 Å². The molecule has 0 aromatic heterocycles. The fourth-order valence-electron chi connectivity index (χ4n) is 3.93. The highest BCUT2D eigenvalue weighted by Crippen LogP contribution is 2.39. The molecule has 2 aromatic carbocycles. The van der Waals surface area contributed by atoms with Gasteiger partial charge < -0.3 is 11.1 Å². The highest BCUT2D eigenvalue weighted by molar-refractivity contribution is 6.35. The largest absolute Gasteiger partial charge is 0.345 e. The monoisotopic (exact) mass is 391 g/mol. The SMILES string of the molecule is Cc1ccc(C)c(N2C(=O)c3ccc(C(=O)NC(C)(CN)C4CC4)cc3C2=O)c1. The highest BCUT2D eigenvalue weighted by atomic mass is 16.2. The molecular weight excluding hydrogens is 366 g/mol. The number of nitrogens with zero attached hydrogens (tertiary/aromatic N) is 1. The van der Waals surface area contributed by atoms with E-state index in [4.69, 9.17) is 5.73 Å². The Labute approximate surface area is 170 Å². The number of carbonyl (C=O) groups excluding carboxylic acids is 3. The highest BCUT2D eigenvalue weighted by Gasteiger charge is 2.42. The van der Waals surface area contributed by atoms with Gasteiger partial charge in [-0.1, -0.05) is 12.1 Å². The zero-order chi connectivity index (χ0) is 20.9. The summed E-state index contributed by atoms with van der Waals surface area (Å²) in [5.41, 5.74) is 8.74. The Morgan fingerprint density at radius 3 is 2.45 bits per heavy atom. The Morgan fingerprint density at radius 2 is 1.79 bits per heavy atom. The number of benzene rings is 2. The molecule has 1 atom stereocenters. The molecule has 1 fully saturated rings. The third-order valence-corrected chi connectivity index (χ3v) is 6.06. The lowest BCUT2D eigenvalue weighted by molar-refractivity contribution is 0.0895. The first-order chi connectivity index (χ1) is 13.7. The first-order valence-electron chi connectivity index (χ1n) is 9.88. The average Bonchev–Trinajstić information content (AvgIpc) is 3.52. The van der Waals surface area contributed by atoms with Crippen LogP contribution in [0.1, 0.15) is 62.0 Å². The van der Waals surface area contributed by atoms with Crippen molar-refractivity contribution in [2.24, 2.45) is 11.7 Å². The smallest absolute Gasteiger partial charge is 0.266 e. The predicted molar refractivity (Wildman–Crippen MR) is 111 cm³/mol. The lowest BCUT2D eigenvalue weighted by Gasteiger charge is -2.29. The summed E-state index contributed by atoms with van der Waals surface area (Å²) in [5, 5.41) is 3.02. The molecule has 1 aliphatic carbocycles. The van der Waals surface area contributed by atoms with Crippen LogP contribution in [0.25, 0.3) is 0 Å². The lowest BCUT2D eigenvalue weighted by Crippen LogP contribution is -2.53. The van der Waals surface area contributed by atoms with Gasteiger partial charge in [-0.2, -0.15) is 0 Å². The quantitative estimate of drug-likeness (QED) is 0.767. The van der Waals surface area contributed by atoms with E-state index in [-0.39, 0.29) is 17.4 Å². The van der Waals surface area contributed by atoms with E-state index in [1.807, 2.05) is 39.0 Å². The van der Waals surface area contributed by atoms with Crippen LogP contribution >= 0.6 is 0 Å². The van der Waals surface area contributed by atoms with Crippen molar-refractivity contribution in [1.82, 2.24) is 5.32 Å². The summed E-state index contributed by atoms with van der Waals surface area (Å²) < 4.78 is 0. The van der Waals surface area contributed by atoms with Gasteiger partial charge in [-0.05, 0) is 74.9 Å². The minimum Gasteiger partial charge on any atom is -0.345 e. The number of nitrogens with two attached hydrogens (primary N) is 1. The van der Waals surface area contributed by atoms with Gasteiger partial charge in [-0.25, -0.2) is 4.90 Å². The van der Waals surface area contributed by atoms with E-state index < -0.39 is 11.4 Å². The second kappa shape index (κ2) is 6.81. The minimum atomic E-state index is -0.458. The van der Waals surface area contributed by atoms with Crippen molar-refractivity contribution in [1.29, 1.82) is 0 Å². The summed E-state index contributed by atoms with van der Waals surface area (Å²) in [6, 6.07) is 10.3. The molecule has 1 aliphatic heterocycles. The van der Waals surface area contributed by atoms with E-state index in [2.05, 4.69) is 5.32 Å². The Hall–Kier alpha value is -2.99. The van der Waals surface area contributed by atoms with Gasteiger partial charge in [-0.3, -0.25) is 14.4 Å². The lowest BCUT2D eigenvalue weighted by atomic mass is 9.95. The minimum absolute atomic E-state index is 0.254. The Kier molecular flexibility index (Phi) is 4.54. The third kappa shape index (κ3) is 3.23. The second-order valence-corrected chi connectivity index (χ2v) is 8.35. The van der Waals surface area contributed by atoms with E-state index in [0.29, 0.717) is 29.3 Å². The number of hydrogen-bond acceptors (Lipinski definition) is 4. The van der Waals surface area contributed by atoms with Gasteiger partial charge in [-0.15, -0.1) is 0 Å². The summed E-state index contributed by atoms with van der Waals surface area (Å²) in [4.78, 5) is 40.0. The molecule has 29 heavy (non-hydrogen) atoms. The van der Waals surface area contributed by atoms with E-state index in [1.54, 1.807) is 12.1 Å². The molecule has 3 N–H and O–H groups in total. The molecular formula is C23H25N3O3. The maximum Gasteiger partial charge on any atom is 0.266 e. The molecule has 2 aromatic rings. The Balaban J connectivity index is 1.65. The van der Waals surface area contributed by atoms with Crippen molar-refractivity contribution in [2.75, 3.05) is 11.4 Å². The molecule has 0 saturated heterocycles. The van der Waals surface area contributed by atoms with Crippen molar-refractivity contribution >= 4 is 23.4 Å². The van der Waals surface area contributed by atoms with Crippen molar-refractivity contribution in [2.45, 2.75) is 39.2 Å². The topological polar surface area (TPSA) is 92.5 Å². The Bertz CT molecular complexity index is 1040. The molecule has 4 rings (SSSR count). The predicted octanol–water partition coefficient (Wildman–Crippen LogP) is 2.96. The van der Waals surface area contributed by atoms with Crippen LogP contribution in [0.3, 0.4) is 0 Å². The fourth-order valence-corrected chi connectivity index (χ4v) is 3.93. The number of carbonyl (C=O) groups is 3. The van der Waals surface area contributed by atoms with Crippen LogP contribution in [0.2, 0.25) is 0 Å². The normalized spacial score (nSPS) is 17.9. The van der Waals surface area contributed by atoms with Gasteiger partial charge in [0.1, 0.15) is 0 Å². The van der Waals surface area contributed by atoms with E-state index >= 15 is 0 Å². The third-order valence-electron chi connectivity index (χ3n) is 6.06. The van der Waals surface area contributed by atoms with Gasteiger partial charge in [0.25, 0.3) is 17.7 Å².